The van der Waals surface area contributed by atoms with E-state index in [-0.39, 0.29) is 23.8 Å². The van der Waals surface area contributed by atoms with Gasteiger partial charge in [0.2, 0.25) is 0 Å². The molecule has 1 saturated heterocycles. The molecule has 0 amide bonds. The molecular formula is C21H18N2O5. The molecule has 5 rings (SSSR count). The molecule has 3 heterocycles. The molecule has 1 aromatic heterocycles. The highest BCUT2D eigenvalue weighted by Crippen LogP contribution is 2.50. The van der Waals surface area contributed by atoms with Crippen LogP contribution in [0.4, 0.5) is 11.4 Å². The lowest BCUT2D eigenvalue weighted by atomic mass is 9.77. The van der Waals surface area contributed by atoms with E-state index in [4.69, 9.17) is 9.15 Å². The number of nitrogens with one attached hydrogen (secondary N) is 1. The molecule has 7 heteroatoms. The zero-order valence-electron chi connectivity index (χ0n) is 15.0. The van der Waals surface area contributed by atoms with E-state index in [1.54, 1.807) is 18.2 Å². The Hall–Kier alpha value is -3.19. The average molecular weight is 378 g/mol. The minimum absolute atomic E-state index is 0.0434. The van der Waals surface area contributed by atoms with Gasteiger partial charge in [0, 0.05) is 35.6 Å². The minimum atomic E-state index is -0.423. The predicted octanol–water partition coefficient (Wildman–Crippen LogP) is 4.34. The van der Waals surface area contributed by atoms with Gasteiger partial charge < -0.3 is 14.5 Å². The van der Waals surface area contributed by atoms with Crippen molar-refractivity contribution in [1.82, 2.24) is 0 Å². The summed E-state index contributed by atoms with van der Waals surface area (Å²) in [6.45, 7) is 0.641. The SMILES string of the molecule is O=c1oc2ccccc2c2c1N[C@H](c1ccc([N+](=O)[O-])cc1)[C@H]1CCCO[C@@H]21. The molecule has 0 unspecified atom stereocenters. The van der Waals surface area contributed by atoms with Crippen LogP contribution in [-0.4, -0.2) is 11.5 Å². The summed E-state index contributed by atoms with van der Waals surface area (Å²) in [6, 6.07) is 13.8. The second kappa shape index (κ2) is 6.45. The molecular weight excluding hydrogens is 360 g/mol. The molecule has 0 bridgehead atoms. The molecule has 0 spiro atoms. The van der Waals surface area contributed by atoms with Crippen LogP contribution in [0.2, 0.25) is 0 Å². The van der Waals surface area contributed by atoms with Crippen molar-refractivity contribution >= 4 is 22.3 Å². The summed E-state index contributed by atoms with van der Waals surface area (Å²) in [5.74, 6) is 0.118. The first-order chi connectivity index (χ1) is 13.6. The van der Waals surface area contributed by atoms with E-state index in [0.29, 0.717) is 17.9 Å². The number of benzene rings is 2. The molecule has 3 atom stereocenters. The molecule has 0 aliphatic carbocycles. The van der Waals surface area contributed by atoms with Crippen LogP contribution in [0.15, 0.2) is 57.7 Å². The number of nitro groups is 1. The zero-order chi connectivity index (χ0) is 19.3. The van der Waals surface area contributed by atoms with Crippen LogP contribution in [0.25, 0.3) is 11.0 Å². The number of nitrogens with zero attached hydrogens (tertiary/aromatic N) is 1. The third-order valence-electron chi connectivity index (χ3n) is 5.70. The highest BCUT2D eigenvalue weighted by molar-refractivity contribution is 5.86. The van der Waals surface area contributed by atoms with E-state index in [9.17, 15) is 14.9 Å². The summed E-state index contributed by atoms with van der Waals surface area (Å²) in [6.07, 6.45) is 1.65. The van der Waals surface area contributed by atoms with E-state index in [1.165, 1.54) is 12.1 Å². The van der Waals surface area contributed by atoms with Gasteiger partial charge in [-0.25, -0.2) is 4.79 Å². The molecule has 2 aliphatic rings. The van der Waals surface area contributed by atoms with Crippen molar-refractivity contribution < 1.29 is 14.1 Å². The first kappa shape index (κ1) is 16.9. The number of ether oxygens (including phenoxy) is 1. The second-order valence-corrected chi connectivity index (χ2v) is 7.24. The van der Waals surface area contributed by atoms with Gasteiger partial charge in [0.25, 0.3) is 5.69 Å². The van der Waals surface area contributed by atoms with Crippen molar-refractivity contribution in [1.29, 1.82) is 0 Å². The maximum atomic E-state index is 12.7. The van der Waals surface area contributed by atoms with Crippen LogP contribution in [0.3, 0.4) is 0 Å². The Morgan fingerprint density at radius 1 is 1.11 bits per heavy atom. The smallest absolute Gasteiger partial charge is 0.360 e. The van der Waals surface area contributed by atoms with Gasteiger partial charge >= 0.3 is 5.63 Å². The molecule has 2 aliphatic heterocycles. The lowest BCUT2D eigenvalue weighted by Gasteiger charge is -2.43. The van der Waals surface area contributed by atoms with Crippen molar-refractivity contribution in [3.8, 4) is 0 Å². The van der Waals surface area contributed by atoms with E-state index in [2.05, 4.69) is 5.32 Å². The van der Waals surface area contributed by atoms with Crippen LogP contribution in [0, 0.1) is 16.0 Å². The first-order valence-corrected chi connectivity index (χ1v) is 9.32. The summed E-state index contributed by atoms with van der Waals surface area (Å²) in [5.41, 5.74) is 2.34. The fraction of sp³-hybridized carbons (Fsp3) is 0.286. The first-order valence-electron chi connectivity index (χ1n) is 9.32. The molecule has 2 aromatic carbocycles. The summed E-state index contributed by atoms with van der Waals surface area (Å²) in [7, 11) is 0. The second-order valence-electron chi connectivity index (χ2n) is 7.24. The fourth-order valence-electron chi connectivity index (χ4n) is 4.45. The van der Waals surface area contributed by atoms with Gasteiger partial charge in [-0.2, -0.15) is 0 Å². The summed E-state index contributed by atoms with van der Waals surface area (Å²) in [5, 5.41) is 15.2. The maximum absolute atomic E-state index is 12.7. The van der Waals surface area contributed by atoms with E-state index >= 15 is 0 Å². The van der Waals surface area contributed by atoms with Gasteiger partial charge in [-0.15, -0.1) is 0 Å². The highest BCUT2D eigenvalue weighted by Gasteiger charge is 2.42. The number of rotatable bonds is 2. The van der Waals surface area contributed by atoms with Gasteiger partial charge in [0.1, 0.15) is 11.3 Å². The number of fused-ring (bicyclic) bond motifs is 5. The third kappa shape index (κ3) is 2.58. The third-order valence-corrected chi connectivity index (χ3v) is 5.70. The largest absolute Gasteiger partial charge is 0.421 e. The predicted molar refractivity (Wildman–Crippen MR) is 103 cm³/mol. The molecule has 0 radical (unpaired) electrons. The van der Waals surface area contributed by atoms with Gasteiger partial charge in [0.15, 0.2) is 0 Å². The fourth-order valence-corrected chi connectivity index (χ4v) is 4.45. The van der Waals surface area contributed by atoms with Crippen LogP contribution in [0.1, 0.15) is 36.1 Å². The number of para-hydroxylation sites is 1. The number of non-ortho nitro benzene ring substituents is 1. The van der Waals surface area contributed by atoms with Gasteiger partial charge in [-0.3, -0.25) is 10.1 Å². The van der Waals surface area contributed by atoms with Gasteiger partial charge in [0.05, 0.1) is 17.1 Å². The van der Waals surface area contributed by atoms with Crippen molar-refractivity contribution in [3.05, 3.63) is 80.2 Å². The molecule has 1 N–H and O–H groups in total. The highest BCUT2D eigenvalue weighted by atomic mass is 16.6. The lowest BCUT2D eigenvalue weighted by Crippen LogP contribution is -2.38. The number of nitro benzene ring substituents is 1. The topological polar surface area (TPSA) is 94.6 Å². The molecule has 142 valence electrons. The summed E-state index contributed by atoms with van der Waals surface area (Å²) >= 11 is 0. The minimum Gasteiger partial charge on any atom is -0.421 e. The molecule has 7 nitrogen and oxygen atoms in total. The van der Waals surface area contributed by atoms with E-state index in [1.807, 2.05) is 18.2 Å². The Balaban J connectivity index is 1.66. The zero-order valence-corrected chi connectivity index (χ0v) is 15.0. The maximum Gasteiger partial charge on any atom is 0.360 e. The Labute approximate surface area is 160 Å². The Morgan fingerprint density at radius 2 is 1.89 bits per heavy atom. The van der Waals surface area contributed by atoms with Crippen LogP contribution >= 0.6 is 0 Å². The molecule has 1 fully saturated rings. The number of anilines is 1. The standard InChI is InChI=1S/C21H18N2O5/c24-21-19-17(14-4-1-2-6-16(14)28-21)20-15(5-3-11-27-20)18(22-19)12-7-9-13(10-8-12)23(25)26/h1-2,4,6-10,15,18,20,22H,3,5,11H2/t15-,18-,20-/m1/s1. The molecule has 0 saturated carbocycles. The average Bonchev–Trinajstić information content (AvgIpc) is 2.73. The van der Waals surface area contributed by atoms with E-state index < -0.39 is 10.5 Å². The number of hydrogen-bond donors (Lipinski definition) is 1. The molecule has 28 heavy (non-hydrogen) atoms. The quantitative estimate of drug-likeness (QED) is 0.405. The van der Waals surface area contributed by atoms with Crippen LogP contribution in [0.5, 0.6) is 0 Å². The van der Waals surface area contributed by atoms with E-state index in [0.717, 1.165) is 29.4 Å². The Bertz CT molecular complexity index is 1120. The van der Waals surface area contributed by atoms with Crippen LogP contribution < -0.4 is 10.9 Å². The van der Waals surface area contributed by atoms with Gasteiger partial charge in [-0.1, -0.05) is 30.3 Å². The van der Waals surface area contributed by atoms with Crippen molar-refractivity contribution in [2.45, 2.75) is 25.0 Å². The normalized spacial score (nSPS) is 23.5. The monoisotopic (exact) mass is 378 g/mol. The Kier molecular flexibility index (Phi) is 3.91. The molecule has 3 aromatic rings. The summed E-state index contributed by atoms with van der Waals surface area (Å²) < 4.78 is 11.7. The van der Waals surface area contributed by atoms with Crippen molar-refractivity contribution in [2.24, 2.45) is 5.92 Å². The summed E-state index contributed by atoms with van der Waals surface area (Å²) in [4.78, 5) is 23.2. The van der Waals surface area contributed by atoms with Crippen molar-refractivity contribution in [2.75, 3.05) is 11.9 Å². The lowest BCUT2D eigenvalue weighted by molar-refractivity contribution is -0.384. The Morgan fingerprint density at radius 3 is 2.68 bits per heavy atom. The van der Waals surface area contributed by atoms with Crippen LogP contribution in [-0.2, 0) is 4.74 Å². The van der Waals surface area contributed by atoms with Gasteiger partial charge in [-0.05, 0) is 24.5 Å². The number of hydrogen-bond acceptors (Lipinski definition) is 6. The van der Waals surface area contributed by atoms with Crippen molar-refractivity contribution in [3.63, 3.8) is 0 Å².